The quantitative estimate of drug-likeness (QED) is 0.131. The van der Waals surface area contributed by atoms with Crippen LogP contribution in [-0.2, 0) is 52.2 Å². The van der Waals surface area contributed by atoms with Crippen LogP contribution in [0, 0.1) is 0 Å². The van der Waals surface area contributed by atoms with Crippen LogP contribution in [0.2, 0.25) is 0 Å². The molecule has 0 spiro atoms. The maximum Gasteiger partial charge on any atom is 0.238 e. The summed E-state index contributed by atoms with van der Waals surface area (Å²) in [5.41, 5.74) is 7.31. The SMILES string of the molecule is CC(=O)Cl.COc1ncc(-c2nc(N3CCOCC3)nc3c(CN4CCN(C(C)=O)CC4)csc23)cc1NS(C)(=O)=O.COc1ncc(-c2nc(N3CCOCC3)nc3c(CN4CCNCC4)csc23)cc1NS(C)(=O)=O. The zero-order valence-corrected chi connectivity index (χ0v) is 47.7. The predicted octanol–water partition coefficient (Wildman–Crippen LogP) is 3.78. The number of carbonyl (C=O) groups excluding carboxylic acids is 2. The van der Waals surface area contributed by atoms with E-state index >= 15 is 0 Å². The lowest BCUT2D eigenvalue weighted by molar-refractivity contribution is -0.130. The Kier molecular flexibility index (Phi) is 19.3. The van der Waals surface area contributed by atoms with E-state index < -0.39 is 20.0 Å². The molecule has 0 aliphatic carbocycles. The number of nitrogens with zero attached hydrogens (tertiary/aromatic N) is 11. The smallest absolute Gasteiger partial charge is 0.238 e. The molecule has 4 aliphatic rings. The van der Waals surface area contributed by atoms with Crippen LogP contribution in [0.15, 0.2) is 35.3 Å². The van der Waals surface area contributed by atoms with Crippen molar-refractivity contribution in [3.63, 3.8) is 0 Å². The van der Waals surface area contributed by atoms with E-state index in [2.05, 4.69) is 66.7 Å². The van der Waals surface area contributed by atoms with Gasteiger partial charge in [0.15, 0.2) is 0 Å². The maximum absolute atomic E-state index is 12.0. The molecule has 0 aromatic carbocycles. The Labute approximate surface area is 460 Å². The van der Waals surface area contributed by atoms with Gasteiger partial charge in [0.2, 0.25) is 54.9 Å². The molecule has 0 saturated carbocycles. The third kappa shape index (κ3) is 15.3. The Hall–Kier alpha value is -5.69. The number of methoxy groups -OCH3 is 2. The molecule has 0 bridgehead atoms. The van der Waals surface area contributed by atoms with Gasteiger partial charge in [0.25, 0.3) is 0 Å². The molecule has 0 unspecified atom stereocenters. The predicted molar refractivity (Wildman–Crippen MR) is 300 cm³/mol. The molecule has 1 amide bonds. The normalized spacial score (nSPS) is 16.8. The van der Waals surface area contributed by atoms with E-state index in [-0.39, 0.29) is 34.3 Å². The van der Waals surface area contributed by atoms with Crippen molar-refractivity contribution < 1.29 is 45.4 Å². The number of hydrogen-bond donors (Lipinski definition) is 3. The van der Waals surface area contributed by atoms with Gasteiger partial charge in [-0.15, -0.1) is 22.7 Å². The van der Waals surface area contributed by atoms with Crippen LogP contribution < -0.4 is 34.0 Å². The first-order valence-corrected chi connectivity index (χ1v) is 30.6. The highest BCUT2D eigenvalue weighted by atomic mass is 35.5. The molecule has 6 aromatic rings. The monoisotopic (exact) mass is 1160 g/mol. The summed E-state index contributed by atoms with van der Waals surface area (Å²) in [6.07, 6.45) is 5.48. The van der Waals surface area contributed by atoms with Crippen molar-refractivity contribution in [2.45, 2.75) is 26.9 Å². The topological polar surface area (TPSA) is 269 Å². The second-order valence-corrected chi connectivity index (χ2v) is 24.2. The number of amides is 1. The van der Waals surface area contributed by atoms with Crippen LogP contribution in [0.4, 0.5) is 23.3 Å². The van der Waals surface area contributed by atoms with Gasteiger partial charge in [-0.1, -0.05) is 0 Å². The number of aromatic nitrogens is 6. The molecule has 0 atom stereocenters. The van der Waals surface area contributed by atoms with Gasteiger partial charge in [-0.3, -0.25) is 28.8 Å². The number of hydrogen-bond acceptors (Lipinski definition) is 23. The minimum atomic E-state index is -3.55. The van der Waals surface area contributed by atoms with Gasteiger partial charge in [-0.2, -0.15) is 0 Å². The molecule has 6 aromatic heterocycles. The van der Waals surface area contributed by atoms with Crippen LogP contribution in [-0.4, -0.2) is 204 Å². The fourth-order valence-electron chi connectivity index (χ4n) is 8.94. The summed E-state index contributed by atoms with van der Waals surface area (Å²) in [5.74, 6) is 1.73. The summed E-state index contributed by atoms with van der Waals surface area (Å²) >= 11 is 7.79. The van der Waals surface area contributed by atoms with Crippen molar-refractivity contribution in [3.05, 3.63) is 46.4 Å². The molecule has 0 radical (unpaired) electrons. The molecule has 4 fully saturated rings. The third-order valence-corrected chi connectivity index (χ3v) is 15.8. The number of morpholine rings is 2. The summed E-state index contributed by atoms with van der Waals surface area (Å²) in [7, 11) is -4.18. The second-order valence-electron chi connectivity index (χ2n) is 18.4. The Morgan fingerprint density at radius 3 is 1.43 bits per heavy atom. The number of nitrogens with one attached hydrogen (secondary N) is 3. The number of sulfonamides is 2. The summed E-state index contributed by atoms with van der Waals surface area (Å²) in [4.78, 5) is 60.4. The first-order chi connectivity index (χ1) is 36.9. The van der Waals surface area contributed by atoms with Crippen molar-refractivity contribution in [1.82, 2.24) is 49.9 Å². The first kappa shape index (κ1) is 57.5. The van der Waals surface area contributed by atoms with Crippen molar-refractivity contribution in [2.24, 2.45) is 0 Å². The molecule has 10 rings (SSSR count). The van der Waals surface area contributed by atoms with Gasteiger partial charge in [-0.05, 0) is 34.5 Å². The molecule has 4 saturated heterocycles. The Morgan fingerprint density at radius 1 is 0.649 bits per heavy atom. The van der Waals surface area contributed by atoms with Crippen molar-refractivity contribution in [2.75, 3.05) is 151 Å². The van der Waals surface area contributed by atoms with Crippen LogP contribution in [0.5, 0.6) is 11.8 Å². The Morgan fingerprint density at radius 2 is 1.05 bits per heavy atom. The van der Waals surface area contributed by atoms with Crippen LogP contribution in [0.25, 0.3) is 42.9 Å². The largest absolute Gasteiger partial charge is 0.480 e. The minimum absolute atomic E-state index is 0.107. The highest BCUT2D eigenvalue weighted by Crippen LogP contribution is 2.39. The number of anilines is 4. The van der Waals surface area contributed by atoms with E-state index in [0.29, 0.717) is 101 Å². The number of ether oxygens (including phenoxy) is 4. The summed E-state index contributed by atoms with van der Waals surface area (Å²) < 4.78 is 76.3. The minimum Gasteiger partial charge on any atom is -0.480 e. The highest BCUT2D eigenvalue weighted by Gasteiger charge is 2.26. The first-order valence-electron chi connectivity index (χ1n) is 24.7. The van der Waals surface area contributed by atoms with E-state index in [1.807, 2.05) is 4.90 Å². The summed E-state index contributed by atoms with van der Waals surface area (Å²) in [5, 5.41) is 7.30. The standard InChI is InChI=1S/C24H31N7O5S2.C22H29N7O4S2.C2H3ClO/c1-16(32)30-6-4-29(5-7-30)14-18-15-37-22-20(26-24(27-21(18)22)31-8-10-36-11-9-31)17-12-19(28-38(3,33)34)23(35-2)25-13-17;1-32-21-17(27-35(2,30)31)11-15(12-24-21)18-20-19(26-22(25-18)29-7-9-33-10-8-29)16(14-34-20)13-28-5-3-23-4-6-28;1-2(3)4/h12-13,15,28H,4-11,14H2,1-3H3;11-12,14,23,27H,3-10,13H2,1-2H3;1H3. The van der Waals surface area contributed by atoms with E-state index in [0.717, 1.165) is 90.0 Å². The van der Waals surface area contributed by atoms with Gasteiger partial charge in [0.05, 0.1) is 85.0 Å². The van der Waals surface area contributed by atoms with Crippen molar-refractivity contribution in [1.29, 1.82) is 0 Å². The number of pyridine rings is 2. The van der Waals surface area contributed by atoms with Crippen molar-refractivity contribution >= 4 is 109 Å². The van der Waals surface area contributed by atoms with Crippen LogP contribution in [0.1, 0.15) is 25.0 Å². The van der Waals surface area contributed by atoms with Crippen LogP contribution in [0.3, 0.4) is 0 Å². The highest BCUT2D eigenvalue weighted by molar-refractivity contribution is 7.92. The van der Waals surface area contributed by atoms with Gasteiger partial charge in [0, 0.05) is 140 Å². The average Bonchev–Trinajstić information content (AvgIpc) is 4.09. The van der Waals surface area contributed by atoms with E-state index in [1.165, 1.54) is 26.7 Å². The number of fused-ring (bicyclic) bond motifs is 2. The molecule has 416 valence electrons. The number of halogens is 1. The Balaban J connectivity index is 0.000000191. The van der Waals surface area contributed by atoms with E-state index in [1.54, 1.807) is 54.1 Å². The second kappa shape index (κ2) is 25.8. The fraction of sp³-hybridized carbons (Fsp3) is 0.500. The lowest BCUT2D eigenvalue weighted by Gasteiger charge is -2.34. The molecule has 77 heavy (non-hydrogen) atoms. The van der Waals surface area contributed by atoms with E-state index in [9.17, 15) is 26.4 Å². The van der Waals surface area contributed by atoms with Gasteiger partial charge in [0.1, 0.15) is 11.4 Å². The zero-order chi connectivity index (χ0) is 54.9. The third-order valence-electron chi connectivity index (χ3n) is 12.6. The molecule has 10 heterocycles. The molecule has 4 aliphatic heterocycles. The van der Waals surface area contributed by atoms with E-state index in [4.69, 9.17) is 38.9 Å². The molecule has 29 heteroatoms. The van der Waals surface area contributed by atoms with Gasteiger partial charge < -0.3 is 39.0 Å². The Bertz CT molecular complexity index is 3270. The maximum atomic E-state index is 12.0. The molecule has 3 N–H and O–H groups in total. The molecular weight excluding hydrogens is 1100 g/mol. The lowest BCUT2D eigenvalue weighted by Crippen LogP contribution is -2.47. The van der Waals surface area contributed by atoms with Crippen molar-refractivity contribution in [3.8, 4) is 34.3 Å². The average molecular weight is 1160 g/mol. The van der Waals surface area contributed by atoms with Gasteiger partial charge in [-0.25, -0.2) is 46.7 Å². The zero-order valence-electron chi connectivity index (χ0n) is 43.7. The number of carbonyl (C=O) groups is 2. The fourth-order valence-corrected chi connectivity index (χ4v) is 12.1. The molecule has 24 nitrogen and oxygen atoms in total. The summed E-state index contributed by atoms with van der Waals surface area (Å²) in [6, 6.07) is 3.41. The van der Waals surface area contributed by atoms with Gasteiger partial charge >= 0.3 is 0 Å². The number of piperazine rings is 2. The number of rotatable bonds is 14. The van der Waals surface area contributed by atoms with Crippen LogP contribution >= 0.6 is 34.3 Å². The number of thiophene rings is 2. The molecular formula is C48H63ClN14O10S4. The summed E-state index contributed by atoms with van der Waals surface area (Å²) in [6.45, 7) is 16.6. The lowest BCUT2D eigenvalue weighted by atomic mass is 10.1.